The fourth-order valence-corrected chi connectivity index (χ4v) is 3.68. The van der Waals surface area contributed by atoms with E-state index in [0.29, 0.717) is 13.1 Å². The zero-order valence-corrected chi connectivity index (χ0v) is 14.3. The first-order valence-electron chi connectivity index (χ1n) is 8.54. The molecule has 0 radical (unpaired) electrons. The van der Waals surface area contributed by atoms with E-state index in [-0.39, 0.29) is 17.9 Å². The van der Waals surface area contributed by atoms with Crippen LogP contribution in [0.15, 0.2) is 35.4 Å². The van der Waals surface area contributed by atoms with Gasteiger partial charge in [0.05, 0.1) is 5.41 Å². The van der Waals surface area contributed by atoms with E-state index in [1.165, 1.54) is 0 Å². The molecule has 124 valence electrons. The number of benzene rings is 1. The summed E-state index contributed by atoms with van der Waals surface area (Å²) in [6, 6.07) is 9.87. The zero-order chi connectivity index (χ0) is 16.9. The molecule has 1 aromatic rings. The second-order valence-electron chi connectivity index (χ2n) is 6.19. The lowest BCUT2D eigenvalue weighted by atomic mass is 9.88. The van der Waals surface area contributed by atoms with Crippen molar-refractivity contribution in [2.75, 3.05) is 13.1 Å². The molecule has 0 saturated heterocycles. The molecule has 0 aromatic heterocycles. The Labute approximate surface area is 138 Å². The first-order chi connectivity index (χ1) is 11.1. The largest absolute Gasteiger partial charge is 0.342 e. The summed E-state index contributed by atoms with van der Waals surface area (Å²) >= 11 is 0. The molecule has 3 atom stereocenters. The Hall–Kier alpha value is -2.00. The maximum Gasteiger partial charge on any atom is 0.233 e. The van der Waals surface area contributed by atoms with Crippen LogP contribution in [0.2, 0.25) is 0 Å². The lowest BCUT2D eigenvalue weighted by Gasteiger charge is -2.27. The van der Waals surface area contributed by atoms with Crippen LogP contribution in [0.25, 0.3) is 10.4 Å². The molecule has 5 nitrogen and oxygen atoms in total. The molecule has 1 aliphatic carbocycles. The van der Waals surface area contributed by atoms with E-state index in [9.17, 15) is 4.79 Å². The average molecular weight is 314 g/mol. The molecule has 0 heterocycles. The predicted molar refractivity (Wildman–Crippen MR) is 92.0 cm³/mol. The van der Waals surface area contributed by atoms with E-state index in [4.69, 9.17) is 5.53 Å². The maximum absolute atomic E-state index is 13.2. The van der Waals surface area contributed by atoms with Gasteiger partial charge in [0.2, 0.25) is 5.91 Å². The minimum atomic E-state index is -0.513. The van der Waals surface area contributed by atoms with Gasteiger partial charge in [-0.25, -0.2) is 0 Å². The number of amides is 1. The summed E-state index contributed by atoms with van der Waals surface area (Å²) in [4.78, 5) is 18.1. The maximum atomic E-state index is 13.2. The Morgan fingerprint density at radius 1 is 1.35 bits per heavy atom. The Morgan fingerprint density at radius 3 is 2.52 bits per heavy atom. The van der Waals surface area contributed by atoms with E-state index in [1.54, 1.807) is 0 Å². The molecule has 1 fully saturated rings. The topological polar surface area (TPSA) is 69.1 Å². The van der Waals surface area contributed by atoms with E-state index in [2.05, 4.69) is 16.9 Å². The molecule has 0 bridgehead atoms. The van der Waals surface area contributed by atoms with Crippen molar-refractivity contribution < 1.29 is 4.79 Å². The number of nitrogens with zero attached hydrogens (tertiary/aromatic N) is 4. The van der Waals surface area contributed by atoms with Gasteiger partial charge in [-0.2, -0.15) is 0 Å². The van der Waals surface area contributed by atoms with Gasteiger partial charge in [-0.05, 0) is 43.7 Å². The number of rotatable bonds is 8. The van der Waals surface area contributed by atoms with Crippen molar-refractivity contribution in [2.45, 2.75) is 51.5 Å². The lowest BCUT2D eigenvalue weighted by Crippen LogP contribution is -2.41. The molecule has 23 heavy (non-hydrogen) atoms. The fourth-order valence-electron chi connectivity index (χ4n) is 3.68. The van der Waals surface area contributed by atoms with Crippen molar-refractivity contribution in [1.29, 1.82) is 0 Å². The summed E-state index contributed by atoms with van der Waals surface area (Å²) < 4.78 is 0. The predicted octanol–water partition coefficient (Wildman–Crippen LogP) is 4.29. The van der Waals surface area contributed by atoms with Gasteiger partial charge in [-0.1, -0.05) is 48.8 Å². The highest BCUT2D eigenvalue weighted by molar-refractivity contribution is 5.92. The molecular weight excluding hydrogens is 288 g/mol. The van der Waals surface area contributed by atoms with Crippen molar-refractivity contribution >= 4 is 5.91 Å². The van der Waals surface area contributed by atoms with Crippen molar-refractivity contribution in [1.82, 2.24) is 4.90 Å². The van der Waals surface area contributed by atoms with Gasteiger partial charge in [-0.15, -0.1) is 0 Å². The Morgan fingerprint density at radius 2 is 2.00 bits per heavy atom. The molecule has 1 unspecified atom stereocenters. The van der Waals surface area contributed by atoms with Gasteiger partial charge >= 0.3 is 0 Å². The quantitative estimate of drug-likeness (QED) is 0.401. The molecule has 0 spiro atoms. The van der Waals surface area contributed by atoms with E-state index >= 15 is 0 Å². The van der Waals surface area contributed by atoms with Gasteiger partial charge in [0.15, 0.2) is 0 Å². The summed E-state index contributed by atoms with van der Waals surface area (Å²) in [5, 5.41) is 4.00. The number of likely N-dealkylation sites (N-methyl/N-ethyl adjacent to an activating group) is 1. The second kappa shape index (κ2) is 7.51. The summed E-state index contributed by atoms with van der Waals surface area (Å²) in [5.41, 5.74) is 9.42. The number of hydrogen-bond donors (Lipinski definition) is 0. The molecular formula is C18H26N4O. The van der Waals surface area contributed by atoms with E-state index in [1.807, 2.05) is 49.1 Å². The summed E-state index contributed by atoms with van der Waals surface area (Å²) in [6.45, 7) is 7.51. The minimum Gasteiger partial charge on any atom is -0.342 e. The minimum absolute atomic E-state index is 0.105. The van der Waals surface area contributed by atoms with Crippen LogP contribution in [-0.4, -0.2) is 29.9 Å². The molecule has 1 aliphatic rings. The van der Waals surface area contributed by atoms with Crippen LogP contribution in [-0.2, 0) is 10.2 Å². The van der Waals surface area contributed by atoms with E-state index < -0.39 is 5.41 Å². The zero-order valence-electron chi connectivity index (χ0n) is 14.3. The molecule has 2 rings (SSSR count). The van der Waals surface area contributed by atoms with E-state index in [0.717, 1.165) is 24.8 Å². The SMILES string of the molecule is CCCC(N=[N+]=[N-])[C@@H]1C[C@@]1(C(=O)N(CC)CC)c1ccccc1. The molecule has 5 heteroatoms. The second-order valence-corrected chi connectivity index (χ2v) is 6.19. The van der Waals surface area contributed by atoms with Crippen LogP contribution in [0.1, 0.15) is 45.6 Å². The van der Waals surface area contributed by atoms with Crippen molar-refractivity contribution in [3.63, 3.8) is 0 Å². The molecule has 0 N–H and O–H groups in total. The highest BCUT2D eigenvalue weighted by atomic mass is 16.2. The average Bonchev–Trinajstić information content (AvgIpc) is 3.33. The monoisotopic (exact) mass is 314 g/mol. The van der Waals surface area contributed by atoms with Crippen molar-refractivity contribution in [2.24, 2.45) is 11.0 Å². The van der Waals surface area contributed by atoms with Crippen molar-refractivity contribution in [3.8, 4) is 0 Å². The molecule has 1 saturated carbocycles. The number of carbonyl (C=O) groups is 1. The van der Waals surface area contributed by atoms with Gasteiger partial charge in [0.1, 0.15) is 0 Å². The lowest BCUT2D eigenvalue weighted by molar-refractivity contribution is -0.134. The van der Waals surface area contributed by atoms with Crippen LogP contribution < -0.4 is 0 Å². The van der Waals surface area contributed by atoms with Gasteiger partial charge in [0.25, 0.3) is 0 Å². The standard InChI is InChI=1S/C18H26N4O/c1-4-10-16(20-21-19)15-13-18(15,14-11-8-7-9-12-14)17(23)22(5-2)6-3/h7-9,11-12,15-16H,4-6,10,13H2,1-3H3/t15-,16?,18+/m0/s1. The Kier molecular flexibility index (Phi) is 5.67. The smallest absolute Gasteiger partial charge is 0.233 e. The van der Waals surface area contributed by atoms with Crippen LogP contribution in [0.5, 0.6) is 0 Å². The summed E-state index contributed by atoms with van der Waals surface area (Å²) in [7, 11) is 0. The third-order valence-corrected chi connectivity index (χ3v) is 4.98. The highest BCUT2D eigenvalue weighted by Gasteiger charge is 2.63. The highest BCUT2D eigenvalue weighted by Crippen LogP contribution is 2.58. The third kappa shape index (κ3) is 3.20. The van der Waals surface area contributed by atoms with Crippen LogP contribution in [0.3, 0.4) is 0 Å². The first-order valence-corrected chi connectivity index (χ1v) is 8.54. The molecule has 0 aliphatic heterocycles. The Balaban J connectivity index is 2.40. The summed E-state index contributed by atoms with van der Waals surface area (Å²) in [5.74, 6) is 0.279. The normalized spacial score (nSPS) is 23.7. The number of hydrogen-bond acceptors (Lipinski definition) is 2. The van der Waals surface area contributed by atoms with Crippen LogP contribution in [0, 0.1) is 5.92 Å². The number of azide groups is 1. The summed E-state index contributed by atoms with van der Waals surface area (Å²) in [6.07, 6.45) is 2.55. The Bertz CT molecular complexity index is 578. The van der Waals surface area contributed by atoms with Crippen LogP contribution in [0.4, 0.5) is 0 Å². The fraction of sp³-hybridized carbons (Fsp3) is 0.611. The van der Waals surface area contributed by atoms with Gasteiger partial charge in [0, 0.05) is 24.0 Å². The van der Waals surface area contributed by atoms with Gasteiger partial charge in [-0.3, -0.25) is 4.79 Å². The van der Waals surface area contributed by atoms with Crippen LogP contribution >= 0.6 is 0 Å². The third-order valence-electron chi connectivity index (χ3n) is 4.98. The first kappa shape index (κ1) is 17.4. The molecule has 1 amide bonds. The van der Waals surface area contributed by atoms with Gasteiger partial charge < -0.3 is 4.90 Å². The number of carbonyl (C=O) groups excluding carboxylic acids is 1. The molecule has 1 aromatic carbocycles. The van der Waals surface area contributed by atoms with Crippen molar-refractivity contribution in [3.05, 3.63) is 46.3 Å².